The van der Waals surface area contributed by atoms with E-state index in [9.17, 15) is 31.8 Å². The molecule has 4 nitrogen and oxygen atoms in total. The lowest BCUT2D eigenvalue weighted by Crippen LogP contribution is -2.39. The van der Waals surface area contributed by atoms with Crippen molar-refractivity contribution in [1.29, 1.82) is 0 Å². The predicted octanol–water partition coefficient (Wildman–Crippen LogP) is 2.10. The maximum atomic E-state index is 13.9. The van der Waals surface area contributed by atoms with Crippen molar-refractivity contribution in [2.45, 2.75) is 48.5 Å². The van der Waals surface area contributed by atoms with Gasteiger partial charge in [-0.25, -0.2) is 21.6 Å². The number of aliphatic hydroxyl groups is 2. The predicted molar refractivity (Wildman–Crippen MR) is 75.7 cm³/mol. The summed E-state index contributed by atoms with van der Waals surface area (Å²) in [5.41, 5.74) is 0.394. The second-order valence-corrected chi connectivity index (χ2v) is 8.44. The normalized spacial score (nSPS) is 28.3. The van der Waals surface area contributed by atoms with Crippen molar-refractivity contribution in [3.05, 3.63) is 28.8 Å². The van der Waals surface area contributed by atoms with Gasteiger partial charge < -0.3 is 10.2 Å². The molecule has 1 aromatic carbocycles. The van der Waals surface area contributed by atoms with E-state index < -0.39 is 52.9 Å². The molecule has 1 fully saturated rings. The van der Waals surface area contributed by atoms with Gasteiger partial charge in [0.1, 0.15) is 12.3 Å². The Morgan fingerprint density at radius 3 is 2.43 bits per heavy atom. The molecule has 2 aliphatic rings. The highest BCUT2D eigenvalue weighted by Crippen LogP contribution is 2.50. The molecule has 2 aliphatic carbocycles. The largest absolute Gasteiger partial charge is 0.388 e. The zero-order valence-electron chi connectivity index (χ0n) is 12.3. The maximum absolute atomic E-state index is 13.9. The van der Waals surface area contributed by atoms with Crippen molar-refractivity contribution in [2.24, 2.45) is 5.92 Å². The molecule has 0 aromatic heterocycles. The molecular formula is C15H17F3O4S. The van der Waals surface area contributed by atoms with Gasteiger partial charge in [-0.1, -0.05) is 6.07 Å². The van der Waals surface area contributed by atoms with Crippen LogP contribution in [0.15, 0.2) is 17.0 Å². The number of aliphatic hydroxyl groups excluding tert-OH is 2. The molecule has 1 aromatic rings. The molecular weight excluding hydrogens is 333 g/mol. The first-order valence-corrected chi connectivity index (χ1v) is 9.14. The minimum atomic E-state index is -3.69. The third-order valence-electron chi connectivity index (χ3n) is 4.68. The molecule has 0 bridgehead atoms. The summed E-state index contributed by atoms with van der Waals surface area (Å²) in [5.74, 6) is -3.46. The Hall–Kier alpha value is -1.12. The van der Waals surface area contributed by atoms with Gasteiger partial charge in [0.25, 0.3) is 0 Å². The number of benzene rings is 1. The number of fused-ring (bicyclic) bond motifs is 1. The van der Waals surface area contributed by atoms with Gasteiger partial charge in [0, 0.05) is 37.0 Å². The monoisotopic (exact) mass is 350 g/mol. The maximum Gasteiger partial charge on any atom is 0.248 e. The highest BCUT2D eigenvalue weighted by atomic mass is 32.2. The standard InChI is InChI=1S/C15H17F3O4S/c1-23(21,22)11-3-2-8(9-4-10(16)14(20)12(9)11)13(19)7-5-15(17,18)6-7/h2-3,7,10,13-14,19-20H,4-6H2,1H3/t10-,13+,14-/m1/s1. The second kappa shape index (κ2) is 5.19. The molecule has 8 heteroatoms. The minimum Gasteiger partial charge on any atom is -0.388 e. The molecule has 2 N–H and O–H groups in total. The highest BCUT2D eigenvalue weighted by Gasteiger charge is 2.49. The Morgan fingerprint density at radius 2 is 1.91 bits per heavy atom. The van der Waals surface area contributed by atoms with Gasteiger partial charge in [-0.05, 0) is 17.2 Å². The van der Waals surface area contributed by atoms with E-state index in [1.807, 2.05) is 0 Å². The number of halogens is 3. The Kier molecular flexibility index (Phi) is 3.77. The van der Waals surface area contributed by atoms with Gasteiger partial charge in [-0.2, -0.15) is 0 Å². The first-order valence-electron chi connectivity index (χ1n) is 7.25. The first-order chi connectivity index (χ1) is 10.5. The minimum absolute atomic E-state index is 0.0531. The van der Waals surface area contributed by atoms with E-state index in [1.54, 1.807) is 0 Å². The molecule has 0 spiro atoms. The van der Waals surface area contributed by atoms with Crippen molar-refractivity contribution < 1.29 is 31.8 Å². The van der Waals surface area contributed by atoms with Gasteiger partial charge >= 0.3 is 0 Å². The van der Waals surface area contributed by atoms with Gasteiger partial charge in [0.05, 0.1) is 11.0 Å². The average molecular weight is 350 g/mol. The first kappa shape index (κ1) is 16.7. The Labute approximate surface area is 131 Å². The number of hydrogen-bond donors (Lipinski definition) is 2. The molecule has 0 unspecified atom stereocenters. The van der Waals surface area contributed by atoms with E-state index in [0.29, 0.717) is 0 Å². The van der Waals surface area contributed by atoms with E-state index >= 15 is 0 Å². The molecule has 3 rings (SSSR count). The lowest BCUT2D eigenvalue weighted by atomic mass is 9.74. The van der Waals surface area contributed by atoms with Crippen LogP contribution in [0, 0.1) is 5.92 Å². The zero-order valence-corrected chi connectivity index (χ0v) is 13.2. The van der Waals surface area contributed by atoms with E-state index in [1.165, 1.54) is 12.1 Å². The zero-order chi connectivity index (χ0) is 17.2. The summed E-state index contributed by atoms with van der Waals surface area (Å²) in [6.45, 7) is 0. The van der Waals surface area contributed by atoms with Crippen LogP contribution in [0.3, 0.4) is 0 Å². The van der Waals surface area contributed by atoms with Crippen LogP contribution >= 0.6 is 0 Å². The number of alkyl halides is 3. The van der Waals surface area contributed by atoms with Crippen LogP contribution in [0.4, 0.5) is 13.2 Å². The number of hydrogen-bond acceptors (Lipinski definition) is 4. The lowest BCUT2D eigenvalue weighted by Gasteiger charge is -2.38. The van der Waals surface area contributed by atoms with Crippen molar-refractivity contribution in [2.75, 3.05) is 6.26 Å². The van der Waals surface area contributed by atoms with Crippen LogP contribution in [0.5, 0.6) is 0 Å². The van der Waals surface area contributed by atoms with Crippen LogP contribution in [-0.2, 0) is 16.3 Å². The molecule has 3 atom stereocenters. The molecule has 0 radical (unpaired) electrons. The van der Waals surface area contributed by atoms with E-state index in [4.69, 9.17) is 0 Å². The van der Waals surface area contributed by atoms with E-state index in [2.05, 4.69) is 0 Å². The fourth-order valence-corrected chi connectivity index (χ4v) is 4.44. The van der Waals surface area contributed by atoms with Crippen LogP contribution in [0.1, 0.15) is 41.7 Å². The molecule has 0 heterocycles. The van der Waals surface area contributed by atoms with Gasteiger partial charge in [-0.3, -0.25) is 0 Å². The molecule has 0 aliphatic heterocycles. The van der Waals surface area contributed by atoms with E-state index in [-0.39, 0.29) is 28.0 Å². The summed E-state index contributed by atoms with van der Waals surface area (Å²) in [6.07, 6.45) is -4.71. The summed E-state index contributed by atoms with van der Waals surface area (Å²) >= 11 is 0. The summed E-state index contributed by atoms with van der Waals surface area (Å²) in [7, 11) is -3.69. The van der Waals surface area contributed by atoms with Crippen LogP contribution < -0.4 is 0 Å². The smallest absolute Gasteiger partial charge is 0.248 e. The van der Waals surface area contributed by atoms with E-state index in [0.717, 1.165) is 6.26 Å². The molecule has 0 saturated heterocycles. The molecule has 0 amide bonds. The Balaban J connectivity index is 2.05. The van der Waals surface area contributed by atoms with Crippen molar-refractivity contribution >= 4 is 9.84 Å². The summed E-state index contributed by atoms with van der Waals surface area (Å²) in [4.78, 5) is -0.185. The van der Waals surface area contributed by atoms with Gasteiger partial charge in [-0.15, -0.1) is 0 Å². The average Bonchev–Trinajstić information content (AvgIpc) is 2.69. The Morgan fingerprint density at radius 1 is 1.30 bits per heavy atom. The molecule has 23 heavy (non-hydrogen) atoms. The highest BCUT2D eigenvalue weighted by molar-refractivity contribution is 7.90. The second-order valence-electron chi connectivity index (χ2n) is 6.45. The SMILES string of the molecule is CS(=O)(=O)c1ccc([C@@H](O)C2CC(F)(F)C2)c2c1[C@H](O)[C@H](F)C2. The summed E-state index contributed by atoms with van der Waals surface area (Å²) in [6, 6.07) is 2.53. The van der Waals surface area contributed by atoms with Crippen LogP contribution in [-0.4, -0.2) is 37.0 Å². The van der Waals surface area contributed by atoms with Crippen LogP contribution in [0.25, 0.3) is 0 Å². The summed E-state index contributed by atoms with van der Waals surface area (Å²) < 4.78 is 63.5. The molecule has 128 valence electrons. The van der Waals surface area contributed by atoms with Crippen molar-refractivity contribution in [3.63, 3.8) is 0 Å². The quantitative estimate of drug-likeness (QED) is 0.875. The fraction of sp³-hybridized carbons (Fsp3) is 0.600. The third kappa shape index (κ3) is 2.77. The number of rotatable bonds is 3. The topological polar surface area (TPSA) is 74.6 Å². The summed E-state index contributed by atoms with van der Waals surface area (Å²) in [5, 5.41) is 20.3. The fourth-order valence-electron chi connectivity index (χ4n) is 3.48. The number of sulfone groups is 1. The third-order valence-corrected chi connectivity index (χ3v) is 5.83. The molecule has 1 saturated carbocycles. The Bertz CT molecular complexity index is 739. The van der Waals surface area contributed by atoms with Gasteiger partial charge in [0.15, 0.2) is 9.84 Å². The van der Waals surface area contributed by atoms with Gasteiger partial charge in [0.2, 0.25) is 5.92 Å². The van der Waals surface area contributed by atoms with Crippen LogP contribution in [0.2, 0.25) is 0 Å². The van der Waals surface area contributed by atoms with Crippen molar-refractivity contribution in [3.8, 4) is 0 Å². The lowest BCUT2D eigenvalue weighted by molar-refractivity contribution is -0.142. The van der Waals surface area contributed by atoms with Crippen molar-refractivity contribution in [1.82, 2.24) is 0 Å².